The van der Waals surface area contributed by atoms with E-state index in [0.29, 0.717) is 50.9 Å². The molecule has 37 heavy (non-hydrogen) atoms. The topological polar surface area (TPSA) is 123 Å². The number of ether oxygens (including phenoxy) is 1. The molecule has 2 atom stereocenters. The fourth-order valence-corrected chi connectivity index (χ4v) is 5.40. The van der Waals surface area contributed by atoms with E-state index in [1.165, 1.54) is 10.5 Å². The van der Waals surface area contributed by atoms with Gasteiger partial charge in [0.15, 0.2) is 5.82 Å². The molecule has 2 saturated heterocycles. The van der Waals surface area contributed by atoms with E-state index in [0.717, 1.165) is 43.0 Å². The number of carboxylic acid groups (broad SMARTS) is 1. The lowest BCUT2D eigenvalue weighted by Crippen LogP contribution is -2.46. The van der Waals surface area contributed by atoms with Gasteiger partial charge in [0.05, 0.1) is 24.9 Å². The third-order valence-corrected chi connectivity index (χ3v) is 7.40. The van der Waals surface area contributed by atoms with E-state index in [1.807, 2.05) is 31.2 Å². The van der Waals surface area contributed by atoms with Crippen molar-refractivity contribution in [1.29, 1.82) is 0 Å². The van der Waals surface area contributed by atoms with Crippen molar-refractivity contribution in [2.24, 2.45) is 0 Å². The molecule has 1 unspecified atom stereocenters. The van der Waals surface area contributed by atoms with Gasteiger partial charge in [-0.05, 0) is 51.0 Å². The van der Waals surface area contributed by atoms with Crippen LogP contribution >= 0.6 is 0 Å². The van der Waals surface area contributed by atoms with Gasteiger partial charge < -0.3 is 30.3 Å². The Morgan fingerprint density at radius 2 is 1.97 bits per heavy atom. The summed E-state index contributed by atoms with van der Waals surface area (Å²) in [6.07, 6.45) is 0.819. The van der Waals surface area contributed by atoms with Gasteiger partial charge in [-0.25, -0.2) is 19.6 Å². The number of rotatable bonds is 5. The van der Waals surface area contributed by atoms with Crippen LogP contribution in [-0.2, 0) is 17.7 Å². The first kappa shape index (κ1) is 25.2. The molecular weight excluding hydrogens is 474 g/mol. The van der Waals surface area contributed by atoms with E-state index in [9.17, 15) is 14.7 Å². The maximum Gasteiger partial charge on any atom is 0.407 e. The Hall–Kier alpha value is -3.44. The van der Waals surface area contributed by atoms with Gasteiger partial charge in [-0.1, -0.05) is 0 Å². The number of urea groups is 1. The number of anilines is 2. The average Bonchev–Trinajstić information content (AvgIpc) is 3.40. The monoisotopic (exact) mass is 509 g/mol. The number of amides is 3. The number of likely N-dealkylation sites (tertiary alicyclic amines) is 1. The van der Waals surface area contributed by atoms with Crippen molar-refractivity contribution >= 4 is 23.6 Å². The molecule has 0 saturated carbocycles. The second-order valence-electron chi connectivity index (χ2n) is 9.87. The van der Waals surface area contributed by atoms with Crippen LogP contribution in [0.2, 0.25) is 0 Å². The standard InChI is InChI=1S/C26H35N7O4/c1-3-27-25(34)28-19-6-4-18(5-7-19)23-29-22-15-31(20-8-10-32(14-20)26(35)36)11-9-21(22)24(30-23)33-12-13-37-16-17(33)2/h4-7,17,20H,3,8-16H2,1-2H3,(H,35,36)(H2,27,28,34)/t17-,20?/m0/s1. The van der Waals surface area contributed by atoms with Crippen LogP contribution in [0.15, 0.2) is 24.3 Å². The Kier molecular flexibility index (Phi) is 7.43. The van der Waals surface area contributed by atoms with Gasteiger partial charge in [-0.2, -0.15) is 0 Å². The highest BCUT2D eigenvalue weighted by molar-refractivity contribution is 5.89. The summed E-state index contributed by atoms with van der Waals surface area (Å²) in [7, 11) is 0. The Morgan fingerprint density at radius 1 is 1.16 bits per heavy atom. The lowest BCUT2D eigenvalue weighted by Gasteiger charge is -2.38. The fourth-order valence-electron chi connectivity index (χ4n) is 5.40. The summed E-state index contributed by atoms with van der Waals surface area (Å²) >= 11 is 0. The summed E-state index contributed by atoms with van der Waals surface area (Å²) in [5.74, 6) is 1.62. The van der Waals surface area contributed by atoms with Crippen molar-refractivity contribution in [1.82, 2.24) is 25.1 Å². The molecule has 1 aromatic carbocycles. The van der Waals surface area contributed by atoms with Crippen molar-refractivity contribution < 1.29 is 19.4 Å². The van der Waals surface area contributed by atoms with Crippen LogP contribution in [-0.4, -0.2) is 95.0 Å². The summed E-state index contributed by atoms with van der Waals surface area (Å²) < 4.78 is 5.68. The number of hydrogen-bond donors (Lipinski definition) is 3. The van der Waals surface area contributed by atoms with Crippen LogP contribution in [0.3, 0.4) is 0 Å². The van der Waals surface area contributed by atoms with E-state index in [-0.39, 0.29) is 18.1 Å². The smallest absolute Gasteiger partial charge is 0.407 e. The molecule has 5 rings (SSSR count). The molecular formula is C26H35N7O4. The minimum absolute atomic E-state index is 0.202. The molecule has 3 amide bonds. The molecule has 2 aromatic rings. The van der Waals surface area contributed by atoms with Gasteiger partial charge >= 0.3 is 12.1 Å². The van der Waals surface area contributed by atoms with Crippen molar-refractivity contribution in [3.05, 3.63) is 35.5 Å². The number of carbonyl (C=O) groups excluding carboxylic acids is 1. The van der Waals surface area contributed by atoms with Crippen molar-refractivity contribution in [2.75, 3.05) is 56.2 Å². The van der Waals surface area contributed by atoms with Crippen molar-refractivity contribution in [3.63, 3.8) is 0 Å². The minimum Gasteiger partial charge on any atom is -0.465 e. The first-order valence-electron chi connectivity index (χ1n) is 13.0. The molecule has 2 fully saturated rings. The van der Waals surface area contributed by atoms with Crippen LogP contribution < -0.4 is 15.5 Å². The zero-order chi connectivity index (χ0) is 25.9. The Bertz CT molecular complexity index is 1140. The SMILES string of the molecule is CCNC(=O)Nc1ccc(-c2nc3c(c(N4CCOC[C@@H]4C)n2)CCN(C2CCN(C(=O)O)C2)C3)cc1. The number of benzene rings is 1. The Morgan fingerprint density at radius 3 is 2.68 bits per heavy atom. The zero-order valence-corrected chi connectivity index (χ0v) is 21.4. The van der Waals surface area contributed by atoms with Crippen LogP contribution in [0.1, 0.15) is 31.5 Å². The molecule has 3 aliphatic heterocycles. The maximum absolute atomic E-state index is 11.9. The average molecular weight is 510 g/mol. The number of nitrogens with zero attached hydrogens (tertiary/aromatic N) is 5. The van der Waals surface area contributed by atoms with Crippen molar-refractivity contribution in [2.45, 2.75) is 45.3 Å². The third kappa shape index (κ3) is 5.47. The summed E-state index contributed by atoms with van der Waals surface area (Å²) in [5.41, 5.74) is 3.76. The molecule has 0 bridgehead atoms. The van der Waals surface area contributed by atoms with Gasteiger partial charge in [0, 0.05) is 62.1 Å². The lowest BCUT2D eigenvalue weighted by atomic mass is 10.0. The van der Waals surface area contributed by atoms with Crippen LogP contribution in [0, 0.1) is 0 Å². The number of hydrogen-bond acceptors (Lipinski definition) is 7. The number of carbonyl (C=O) groups is 2. The summed E-state index contributed by atoms with van der Waals surface area (Å²) in [6.45, 7) is 9.34. The molecule has 198 valence electrons. The van der Waals surface area contributed by atoms with Crippen LogP contribution in [0.5, 0.6) is 0 Å². The quantitative estimate of drug-likeness (QED) is 0.562. The largest absolute Gasteiger partial charge is 0.465 e. The van der Waals surface area contributed by atoms with Crippen LogP contribution in [0.25, 0.3) is 11.4 Å². The molecule has 4 heterocycles. The molecule has 0 aliphatic carbocycles. The summed E-state index contributed by atoms with van der Waals surface area (Å²) in [5, 5.41) is 14.9. The highest BCUT2D eigenvalue weighted by Crippen LogP contribution is 2.33. The molecule has 11 heteroatoms. The number of fused-ring (bicyclic) bond motifs is 1. The number of nitrogens with one attached hydrogen (secondary N) is 2. The van der Waals surface area contributed by atoms with E-state index in [2.05, 4.69) is 27.4 Å². The van der Waals surface area contributed by atoms with Gasteiger partial charge in [-0.3, -0.25) is 4.90 Å². The zero-order valence-electron chi connectivity index (χ0n) is 21.4. The summed E-state index contributed by atoms with van der Waals surface area (Å²) in [6, 6.07) is 7.74. The normalized spacial score (nSPS) is 22.0. The van der Waals surface area contributed by atoms with Crippen molar-refractivity contribution in [3.8, 4) is 11.4 Å². The predicted octanol–water partition coefficient (Wildman–Crippen LogP) is 2.62. The molecule has 0 radical (unpaired) electrons. The summed E-state index contributed by atoms with van der Waals surface area (Å²) in [4.78, 5) is 39.6. The molecule has 3 N–H and O–H groups in total. The molecule has 11 nitrogen and oxygen atoms in total. The highest BCUT2D eigenvalue weighted by Gasteiger charge is 2.35. The van der Waals surface area contributed by atoms with E-state index < -0.39 is 6.09 Å². The van der Waals surface area contributed by atoms with Gasteiger partial charge in [-0.15, -0.1) is 0 Å². The maximum atomic E-state index is 11.9. The van der Waals surface area contributed by atoms with E-state index in [1.54, 1.807) is 0 Å². The fraction of sp³-hybridized carbons (Fsp3) is 0.538. The Balaban J connectivity index is 1.44. The minimum atomic E-state index is -0.849. The van der Waals surface area contributed by atoms with Crippen LogP contribution in [0.4, 0.5) is 21.1 Å². The van der Waals surface area contributed by atoms with Gasteiger partial charge in [0.25, 0.3) is 0 Å². The molecule has 1 aromatic heterocycles. The number of aromatic nitrogens is 2. The number of morpholine rings is 1. The van der Waals surface area contributed by atoms with E-state index in [4.69, 9.17) is 14.7 Å². The molecule has 0 spiro atoms. The third-order valence-electron chi connectivity index (χ3n) is 7.40. The lowest BCUT2D eigenvalue weighted by molar-refractivity contribution is 0.0982. The first-order chi connectivity index (χ1) is 17.9. The predicted molar refractivity (Wildman–Crippen MR) is 140 cm³/mol. The van der Waals surface area contributed by atoms with E-state index >= 15 is 0 Å². The van der Waals surface area contributed by atoms with Gasteiger partial charge in [0.2, 0.25) is 0 Å². The second kappa shape index (κ2) is 10.9. The van der Waals surface area contributed by atoms with Gasteiger partial charge in [0.1, 0.15) is 5.82 Å². The Labute approximate surface area is 216 Å². The second-order valence-corrected chi connectivity index (χ2v) is 9.87. The molecule has 3 aliphatic rings. The highest BCUT2D eigenvalue weighted by atomic mass is 16.5. The first-order valence-corrected chi connectivity index (χ1v) is 13.0.